The molecular formula is C17H13N3S. The number of pyridine rings is 1. The minimum Gasteiger partial charge on any atom is -0.324 e. The molecule has 102 valence electrons. The molecule has 21 heavy (non-hydrogen) atoms. The summed E-state index contributed by atoms with van der Waals surface area (Å²) in [5.41, 5.74) is 2.08. The van der Waals surface area contributed by atoms with E-state index < -0.39 is 0 Å². The van der Waals surface area contributed by atoms with E-state index in [1.165, 1.54) is 10.3 Å². The van der Waals surface area contributed by atoms with Crippen molar-refractivity contribution in [2.45, 2.75) is 6.54 Å². The molecule has 4 rings (SSSR count). The molecule has 0 saturated heterocycles. The van der Waals surface area contributed by atoms with Crippen molar-refractivity contribution in [1.82, 2.24) is 14.5 Å². The Morgan fingerprint density at radius 3 is 2.86 bits per heavy atom. The van der Waals surface area contributed by atoms with E-state index in [-0.39, 0.29) is 0 Å². The van der Waals surface area contributed by atoms with E-state index >= 15 is 0 Å². The molecule has 0 bridgehead atoms. The highest BCUT2D eigenvalue weighted by molar-refractivity contribution is 7.13. The molecule has 4 aromatic rings. The maximum atomic E-state index is 4.73. The molecule has 3 aromatic heterocycles. The summed E-state index contributed by atoms with van der Waals surface area (Å²) in [7, 11) is 0. The molecule has 3 heterocycles. The van der Waals surface area contributed by atoms with Gasteiger partial charge in [0.25, 0.3) is 0 Å². The lowest BCUT2D eigenvalue weighted by Gasteiger charge is -2.07. The number of imidazole rings is 1. The van der Waals surface area contributed by atoms with E-state index in [2.05, 4.69) is 39.2 Å². The fraction of sp³-hybridized carbons (Fsp3) is 0.0588. The Morgan fingerprint density at radius 2 is 1.95 bits per heavy atom. The second kappa shape index (κ2) is 5.14. The zero-order valence-electron chi connectivity index (χ0n) is 11.3. The lowest BCUT2D eigenvalue weighted by molar-refractivity contribution is 0.787. The first kappa shape index (κ1) is 12.3. The van der Waals surface area contributed by atoms with Gasteiger partial charge in [-0.2, -0.15) is 0 Å². The lowest BCUT2D eigenvalue weighted by Crippen LogP contribution is -2.02. The number of aromatic nitrogens is 3. The Morgan fingerprint density at radius 1 is 1.00 bits per heavy atom. The Balaban J connectivity index is 1.70. The molecule has 0 fully saturated rings. The van der Waals surface area contributed by atoms with Crippen LogP contribution in [0.3, 0.4) is 0 Å². The molecule has 0 unspecified atom stereocenters. The average Bonchev–Trinajstić information content (AvgIpc) is 3.18. The van der Waals surface area contributed by atoms with Crippen molar-refractivity contribution >= 4 is 22.2 Å². The number of hydrogen-bond donors (Lipinski definition) is 0. The number of para-hydroxylation sites is 1. The highest BCUT2D eigenvalue weighted by atomic mass is 32.1. The average molecular weight is 291 g/mol. The second-order valence-electron chi connectivity index (χ2n) is 4.85. The monoisotopic (exact) mass is 291 g/mol. The van der Waals surface area contributed by atoms with Crippen LogP contribution < -0.4 is 0 Å². The van der Waals surface area contributed by atoms with Crippen LogP contribution in [-0.4, -0.2) is 14.5 Å². The highest BCUT2D eigenvalue weighted by Gasteiger charge is 2.08. The van der Waals surface area contributed by atoms with Crippen LogP contribution in [0, 0.1) is 0 Å². The first-order chi connectivity index (χ1) is 10.4. The molecule has 0 amide bonds. The predicted octanol–water partition coefficient (Wildman–Crippen LogP) is 4.21. The Bertz CT molecular complexity index is 878. The van der Waals surface area contributed by atoms with E-state index in [0.29, 0.717) is 0 Å². The van der Waals surface area contributed by atoms with Crippen molar-refractivity contribution in [3.8, 4) is 10.7 Å². The van der Waals surface area contributed by atoms with Crippen molar-refractivity contribution in [3.63, 3.8) is 0 Å². The normalized spacial score (nSPS) is 11.0. The molecule has 0 radical (unpaired) electrons. The van der Waals surface area contributed by atoms with Gasteiger partial charge >= 0.3 is 0 Å². The highest BCUT2D eigenvalue weighted by Crippen LogP contribution is 2.23. The van der Waals surface area contributed by atoms with Gasteiger partial charge in [0, 0.05) is 17.8 Å². The molecule has 0 saturated carbocycles. The minimum atomic E-state index is 0.734. The fourth-order valence-electron chi connectivity index (χ4n) is 2.44. The number of nitrogens with zero attached hydrogens (tertiary/aromatic N) is 3. The second-order valence-corrected chi connectivity index (χ2v) is 5.80. The van der Waals surface area contributed by atoms with E-state index in [9.17, 15) is 0 Å². The van der Waals surface area contributed by atoms with Gasteiger partial charge < -0.3 is 4.57 Å². The number of thiophene rings is 1. The maximum absolute atomic E-state index is 4.73. The molecule has 4 heteroatoms. The van der Waals surface area contributed by atoms with E-state index in [4.69, 9.17) is 4.98 Å². The lowest BCUT2D eigenvalue weighted by atomic mass is 10.2. The third kappa shape index (κ3) is 2.34. The van der Waals surface area contributed by atoms with Crippen molar-refractivity contribution in [2.75, 3.05) is 0 Å². The molecular weight excluding hydrogens is 278 g/mol. The largest absolute Gasteiger partial charge is 0.324 e. The van der Waals surface area contributed by atoms with Crippen molar-refractivity contribution in [1.29, 1.82) is 0 Å². The Labute approximate surface area is 126 Å². The molecule has 0 spiro atoms. The van der Waals surface area contributed by atoms with Gasteiger partial charge in [-0.15, -0.1) is 11.3 Å². The molecule has 0 aliphatic rings. The number of rotatable bonds is 3. The van der Waals surface area contributed by atoms with Crippen molar-refractivity contribution in [3.05, 3.63) is 72.0 Å². The molecule has 0 N–H and O–H groups in total. The molecule has 0 aliphatic heterocycles. The zero-order chi connectivity index (χ0) is 14.1. The number of hydrogen-bond acceptors (Lipinski definition) is 3. The minimum absolute atomic E-state index is 0.734. The van der Waals surface area contributed by atoms with E-state index in [0.717, 1.165) is 23.6 Å². The van der Waals surface area contributed by atoms with E-state index in [1.807, 2.05) is 36.7 Å². The smallest absolute Gasteiger partial charge is 0.150 e. The van der Waals surface area contributed by atoms with Crippen LogP contribution in [-0.2, 0) is 6.54 Å². The van der Waals surface area contributed by atoms with Crippen LogP contribution in [0.4, 0.5) is 0 Å². The van der Waals surface area contributed by atoms with Gasteiger partial charge in [-0.3, -0.25) is 4.98 Å². The molecule has 0 atom stereocenters. The van der Waals surface area contributed by atoms with Gasteiger partial charge in [0.1, 0.15) is 5.82 Å². The molecule has 1 aromatic carbocycles. The van der Waals surface area contributed by atoms with Crippen molar-refractivity contribution < 1.29 is 0 Å². The Kier molecular flexibility index (Phi) is 3.01. The van der Waals surface area contributed by atoms with Gasteiger partial charge in [0.15, 0.2) is 0 Å². The maximum Gasteiger partial charge on any atom is 0.150 e. The van der Waals surface area contributed by atoms with Crippen LogP contribution in [0.15, 0.2) is 66.3 Å². The standard InChI is InChI=1S/C17H13N3S/c1-2-5-15-13(4-1)7-8-14(19-15)12-20-10-9-18-17(20)16-6-3-11-21-16/h1-11H,12H2. The van der Waals surface area contributed by atoms with Gasteiger partial charge in [-0.05, 0) is 23.6 Å². The summed E-state index contributed by atoms with van der Waals surface area (Å²) in [6.45, 7) is 0.734. The zero-order valence-corrected chi connectivity index (χ0v) is 12.1. The molecule has 0 aliphatic carbocycles. The summed E-state index contributed by atoms with van der Waals surface area (Å²) >= 11 is 1.70. The third-order valence-electron chi connectivity index (χ3n) is 3.45. The van der Waals surface area contributed by atoms with Gasteiger partial charge in [0.05, 0.1) is 22.6 Å². The van der Waals surface area contributed by atoms with E-state index in [1.54, 1.807) is 11.3 Å². The summed E-state index contributed by atoms with van der Waals surface area (Å²) in [6, 6.07) is 16.5. The predicted molar refractivity (Wildman–Crippen MR) is 86.4 cm³/mol. The van der Waals surface area contributed by atoms with Crippen LogP contribution in [0.1, 0.15) is 5.69 Å². The fourth-order valence-corrected chi connectivity index (χ4v) is 3.17. The topological polar surface area (TPSA) is 30.7 Å². The van der Waals surface area contributed by atoms with Crippen LogP contribution in [0.25, 0.3) is 21.6 Å². The summed E-state index contributed by atoms with van der Waals surface area (Å²) in [4.78, 5) is 10.4. The summed E-state index contributed by atoms with van der Waals surface area (Å²) in [5, 5.41) is 3.24. The van der Waals surface area contributed by atoms with Gasteiger partial charge in [-0.1, -0.05) is 30.3 Å². The summed E-state index contributed by atoms with van der Waals surface area (Å²) < 4.78 is 2.14. The quantitative estimate of drug-likeness (QED) is 0.566. The number of benzene rings is 1. The third-order valence-corrected chi connectivity index (χ3v) is 4.31. The van der Waals surface area contributed by atoms with Crippen LogP contribution >= 0.6 is 11.3 Å². The molecule has 3 nitrogen and oxygen atoms in total. The van der Waals surface area contributed by atoms with Gasteiger partial charge in [0.2, 0.25) is 0 Å². The summed E-state index contributed by atoms with van der Waals surface area (Å²) in [5.74, 6) is 1.000. The first-order valence-electron chi connectivity index (χ1n) is 6.80. The first-order valence-corrected chi connectivity index (χ1v) is 7.68. The van der Waals surface area contributed by atoms with Gasteiger partial charge in [-0.25, -0.2) is 4.98 Å². The van der Waals surface area contributed by atoms with Crippen LogP contribution in [0.5, 0.6) is 0 Å². The number of fused-ring (bicyclic) bond motifs is 1. The van der Waals surface area contributed by atoms with Crippen LogP contribution in [0.2, 0.25) is 0 Å². The van der Waals surface area contributed by atoms with Crippen molar-refractivity contribution in [2.24, 2.45) is 0 Å². The summed E-state index contributed by atoms with van der Waals surface area (Å²) in [6.07, 6.45) is 3.85. The Hall–Kier alpha value is -2.46. The SMILES string of the molecule is c1csc(-c2nccn2Cc2ccc3ccccc3n2)c1.